The number of halogens is 1. The maximum atomic E-state index is 13.5. The van der Waals surface area contributed by atoms with Gasteiger partial charge in [-0.15, -0.1) is 0 Å². The van der Waals surface area contributed by atoms with E-state index in [9.17, 15) is 14.0 Å². The molecule has 0 saturated heterocycles. The van der Waals surface area contributed by atoms with E-state index in [0.29, 0.717) is 18.7 Å². The average Bonchev–Trinajstić information content (AvgIpc) is 2.47. The van der Waals surface area contributed by atoms with Crippen LogP contribution in [0, 0.1) is 12.7 Å². The van der Waals surface area contributed by atoms with Crippen LogP contribution in [-0.4, -0.2) is 22.3 Å². The van der Waals surface area contributed by atoms with Crippen molar-refractivity contribution in [2.45, 2.75) is 26.3 Å². The molecule has 0 bridgehead atoms. The first-order chi connectivity index (χ1) is 10.5. The topological polar surface area (TPSA) is 53.2 Å². The molecule has 114 valence electrons. The molecule has 0 radical (unpaired) electrons. The zero-order valence-electron chi connectivity index (χ0n) is 12.5. The summed E-state index contributed by atoms with van der Waals surface area (Å²) in [5, 5.41) is 0. The second-order valence-electron chi connectivity index (χ2n) is 5.66. The zero-order chi connectivity index (χ0) is 15.9. The van der Waals surface area contributed by atoms with Crippen LogP contribution in [0.2, 0.25) is 0 Å². The van der Waals surface area contributed by atoms with Crippen molar-refractivity contribution >= 4 is 5.91 Å². The third-order valence-electron chi connectivity index (χ3n) is 4.20. The van der Waals surface area contributed by atoms with Gasteiger partial charge in [-0.3, -0.25) is 9.59 Å². The highest BCUT2D eigenvalue weighted by atomic mass is 19.1. The molecule has 0 aliphatic carbocycles. The number of pyridine rings is 1. The van der Waals surface area contributed by atoms with Crippen molar-refractivity contribution < 1.29 is 9.18 Å². The molecular weight excluding hydrogens is 283 g/mol. The average molecular weight is 300 g/mol. The van der Waals surface area contributed by atoms with Gasteiger partial charge >= 0.3 is 0 Å². The molecule has 5 heteroatoms. The van der Waals surface area contributed by atoms with Gasteiger partial charge in [-0.05, 0) is 43.5 Å². The van der Waals surface area contributed by atoms with Gasteiger partial charge < -0.3 is 9.88 Å². The van der Waals surface area contributed by atoms with Crippen molar-refractivity contribution in [3.05, 3.63) is 68.9 Å². The molecule has 22 heavy (non-hydrogen) atoms. The van der Waals surface area contributed by atoms with Gasteiger partial charge in [0.25, 0.3) is 5.91 Å². The number of hydrogen-bond donors (Lipinski definition) is 1. The van der Waals surface area contributed by atoms with Crippen LogP contribution in [0.25, 0.3) is 0 Å². The molecule has 1 atom stereocenters. The quantitative estimate of drug-likeness (QED) is 0.880. The summed E-state index contributed by atoms with van der Waals surface area (Å²) in [5.41, 5.74) is 2.40. The van der Waals surface area contributed by atoms with Crippen LogP contribution in [0.5, 0.6) is 0 Å². The SMILES string of the molecule is Cc1cc(=O)c(C(=O)N2CCc3ccc(F)cc3[C@@H]2C)c[nH]1. The lowest BCUT2D eigenvalue weighted by Gasteiger charge is -2.35. The summed E-state index contributed by atoms with van der Waals surface area (Å²) in [5.74, 6) is -0.628. The van der Waals surface area contributed by atoms with Crippen molar-refractivity contribution in [1.29, 1.82) is 0 Å². The van der Waals surface area contributed by atoms with Crippen molar-refractivity contribution in [2.24, 2.45) is 0 Å². The Balaban J connectivity index is 1.96. The number of H-pyrrole nitrogens is 1. The number of aromatic amines is 1. The Morgan fingerprint density at radius 1 is 1.36 bits per heavy atom. The van der Waals surface area contributed by atoms with Gasteiger partial charge in [0, 0.05) is 24.5 Å². The smallest absolute Gasteiger partial charge is 0.259 e. The Hall–Kier alpha value is -2.43. The van der Waals surface area contributed by atoms with Gasteiger partial charge in [0.2, 0.25) is 0 Å². The molecule has 0 fully saturated rings. The molecule has 0 unspecified atom stereocenters. The van der Waals surface area contributed by atoms with Crippen LogP contribution in [-0.2, 0) is 6.42 Å². The first kappa shape index (κ1) is 14.5. The number of aryl methyl sites for hydroxylation is 1. The van der Waals surface area contributed by atoms with Crippen molar-refractivity contribution in [3.63, 3.8) is 0 Å². The van der Waals surface area contributed by atoms with E-state index in [1.54, 1.807) is 17.9 Å². The lowest BCUT2D eigenvalue weighted by atomic mass is 9.93. The normalized spacial score (nSPS) is 17.2. The van der Waals surface area contributed by atoms with E-state index in [-0.39, 0.29) is 28.8 Å². The number of nitrogens with zero attached hydrogens (tertiary/aromatic N) is 1. The van der Waals surface area contributed by atoms with E-state index < -0.39 is 0 Å². The molecule has 1 amide bonds. The predicted molar refractivity (Wildman–Crippen MR) is 81.4 cm³/mol. The fourth-order valence-electron chi connectivity index (χ4n) is 2.96. The summed E-state index contributed by atoms with van der Waals surface area (Å²) in [4.78, 5) is 29.2. The molecule has 1 N–H and O–H groups in total. The minimum Gasteiger partial charge on any atom is -0.364 e. The van der Waals surface area contributed by atoms with Crippen molar-refractivity contribution in [2.75, 3.05) is 6.54 Å². The number of carbonyl (C=O) groups excluding carboxylic acids is 1. The van der Waals surface area contributed by atoms with Crippen LogP contribution in [0.3, 0.4) is 0 Å². The zero-order valence-corrected chi connectivity index (χ0v) is 12.5. The summed E-state index contributed by atoms with van der Waals surface area (Å²) in [7, 11) is 0. The number of benzene rings is 1. The van der Waals surface area contributed by atoms with Gasteiger partial charge in [0.1, 0.15) is 11.4 Å². The van der Waals surface area contributed by atoms with E-state index in [0.717, 1.165) is 11.1 Å². The fourth-order valence-corrected chi connectivity index (χ4v) is 2.96. The molecule has 3 rings (SSSR count). The Bertz CT molecular complexity index is 797. The maximum absolute atomic E-state index is 13.5. The number of rotatable bonds is 1. The maximum Gasteiger partial charge on any atom is 0.259 e. The van der Waals surface area contributed by atoms with Gasteiger partial charge in [-0.2, -0.15) is 0 Å². The minimum atomic E-state index is -0.316. The van der Waals surface area contributed by atoms with E-state index in [2.05, 4.69) is 4.98 Å². The standard InChI is InChI=1S/C17H17FN2O2/c1-10-7-16(21)15(9-19-10)17(22)20-6-5-12-3-4-13(18)8-14(12)11(20)2/h3-4,7-9,11H,5-6H2,1-2H3,(H,19,21)/t11-/m0/s1. The van der Waals surface area contributed by atoms with Gasteiger partial charge in [0.15, 0.2) is 5.43 Å². The third-order valence-corrected chi connectivity index (χ3v) is 4.20. The van der Waals surface area contributed by atoms with E-state index in [4.69, 9.17) is 0 Å². The molecule has 0 saturated carbocycles. The molecule has 1 aromatic carbocycles. The van der Waals surface area contributed by atoms with E-state index in [1.807, 2.05) is 6.92 Å². The van der Waals surface area contributed by atoms with Crippen molar-refractivity contribution in [1.82, 2.24) is 9.88 Å². The van der Waals surface area contributed by atoms with Gasteiger partial charge in [-0.25, -0.2) is 4.39 Å². The highest BCUT2D eigenvalue weighted by molar-refractivity contribution is 5.94. The van der Waals surface area contributed by atoms with Gasteiger partial charge in [-0.1, -0.05) is 6.07 Å². The van der Waals surface area contributed by atoms with Crippen LogP contribution >= 0.6 is 0 Å². The number of amides is 1. The Labute approximate surface area is 127 Å². The largest absolute Gasteiger partial charge is 0.364 e. The molecule has 1 aliphatic heterocycles. The number of nitrogens with one attached hydrogen (secondary N) is 1. The summed E-state index contributed by atoms with van der Waals surface area (Å²) in [6, 6.07) is 5.83. The highest BCUT2D eigenvalue weighted by Crippen LogP contribution is 2.30. The second-order valence-corrected chi connectivity index (χ2v) is 5.66. The molecule has 1 aliphatic rings. The van der Waals surface area contributed by atoms with Crippen LogP contribution < -0.4 is 5.43 Å². The monoisotopic (exact) mass is 300 g/mol. The summed E-state index contributed by atoms with van der Waals surface area (Å²) in [6.07, 6.45) is 2.11. The van der Waals surface area contributed by atoms with E-state index in [1.165, 1.54) is 24.4 Å². The molecule has 2 heterocycles. The van der Waals surface area contributed by atoms with Crippen LogP contribution in [0.15, 0.2) is 35.3 Å². The third kappa shape index (κ3) is 2.43. The number of hydrogen-bond acceptors (Lipinski definition) is 2. The summed E-state index contributed by atoms with van der Waals surface area (Å²) >= 11 is 0. The first-order valence-corrected chi connectivity index (χ1v) is 7.26. The Morgan fingerprint density at radius 2 is 2.14 bits per heavy atom. The second kappa shape index (κ2) is 5.40. The number of carbonyl (C=O) groups is 1. The van der Waals surface area contributed by atoms with Gasteiger partial charge in [0.05, 0.1) is 6.04 Å². The summed E-state index contributed by atoms with van der Waals surface area (Å²) < 4.78 is 13.5. The molecule has 1 aromatic heterocycles. The number of aromatic nitrogens is 1. The lowest BCUT2D eigenvalue weighted by Crippen LogP contribution is -2.40. The van der Waals surface area contributed by atoms with Crippen LogP contribution in [0.4, 0.5) is 4.39 Å². The van der Waals surface area contributed by atoms with Crippen molar-refractivity contribution in [3.8, 4) is 0 Å². The lowest BCUT2D eigenvalue weighted by molar-refractivity contribution is 0.0675. The molecule has 0 spiro atoms. The van der Waals surface area contributed by atoms with Crippen LogP contribution in [0.1, 0.15) is 40.1 Å². The minimum absolute atomic E-state index is 0.123. The fraction of sp³-hybridized carbons (Fsp3) is 0.294. The Morgan fingerprint density at radius 3 is 2.86 bits per heavy atom. The Kier molecular flexibility index (Phi) is 3.56. The molecular formula is C17H17FN2O2. The number of fused-ring (bicyclic) bond motifs is 1. The predicted octanol–water partition coefficient (Wildman–Crippen LogP) is 2.58. The van der Waals surface area contributed by atoms with E-state index >= 15 is 0 Å². The summed E-state index contributed by atoms with van der Waals surface area (Å²) in [6.45, 7) is 4.14. The highest BCUT2D eigenvalue weighted by Gasteiger charge is 2.29. The first-order valence-electron chi connectivity index (χ1n) is 7.26. The molecule has 4 nitrogen and oxygen atoms in total. The molecule has 2 aromatic rings.